The molecule has 7 heteroatoms. The molecular formula is C17H17F7. The number of halogens is 7. The fraction of sp³-hybridized carbons (Fsp3) is 0.647. The molecule has 0 aliphatic heterocycles. The minimum absolute atomic E-state index is 0.0215. The summed E-state index contributed by atoms with van der Waals surface area (Å²) in [5.41, 5.74) is -1.98. The second-order valence-electron chi connectivity index (χ2n) is 6.81. The van der Waals surface area contributed by atoms with Crippen molar-refractivity contribution in [2.45, 2.75) is 50.9 Å². The molecule has 2 fully saturated rings. The molecule has 0 radical (unpaired) electrons. The maximum atomic E-state index is 14.9. The Labute approximate surface area is 135 Å². The monoisotopic (exact) mass is 354 g/mol. The van der Waals surface area contributed by atoms with Crippen LogP contribution in [0.2, 0.25) is 0 Å². The minimum Gasteiger partial charge on any atom is -0.203 e. The Morgan fingerprint density at radius 1 is 0.625 bits per heavy atom. The number of hydrogen-bond donors (Lipinski definition) is 0. The van der Waals surface area contributed by atoms with Crippen LogP contribution in [0.4, 0.5) is 30.7 Å². The van der Waals surface area contributed by atoms with Crippen LogP contribution in [0.5, 0.6) is 0 Å². The highest BCUT2D eigenvalue weighted by atomic mass is 19.3. The van der Waals surface area contributed by atoms with Crippen LogP contribution in [0.15, 0.2) is 0 Å². The summed E-state index contributed by atoms with van der Waals surface area (Å²) in [4.78, 5) is 0. The van der Waals surface area contributed by atoms with E-state index in [1.54, 1.807) is 0 Å². The van der Waals surface area contributed by atoms with Crippen molar-refractivity contribution in [1.29, 1.82) is 0 Å². The van der Waals surface area contributed by atoms with E-state index in [1.165, 1.54) is 0 Å². The highest BCUT2D eigenvalue weighted by Gasteiger charge is 2.53. The molecule has 134 valence electrons. The van der Waals surface area contributed by atoms with E-state index < -0.39 is 52.4 Å². The lowest BCUT2D eigenvalue weighted by molar-refractivity contribution is -0.123. The van der Waals surface area contributed by atoms with E-state index in [-0.39, 0.29) is 12.3 Å². The maximum Gasteiger partial charge on any atom is 0.282 e. The molecule has 3 rings (SSSR count). The first kappa shape index (κ1) is 17.5. The molecule has 0 spiro atoms. The summed E-state index contributed by atoms with van der Waals surface area (Å²) in [7, 11) is 0. The van der Waals surface area contributed by atoms with Gasteiger partial charge in [0.1, 0.15) is 0 Å². The Hall–Kier alpha value is -1.27. The Kier molecular flexibility index (Phi) is 4.55. The van der Waals surface area contributed by atoms with Gasteiger partial charge in [-0.3, -0.25) is 0 Å². The first-order chi connectivity index (χ1) is 11.3. The average Bonchev–Trinajstić information content (AvgIpc) is 2.57. The van der Waals surface area contributed by atoms with E-state index >= 15 is 0 Å². The van der Waals surface area contributed by atoms with Gasteiger partial charge in [-0.2, -0.15) is 0 Å². The predicted molar refractivity (Wildman–Crippen MR) is 72.9 cm³/mol. The molecule has 3 unspecified atom stereocenters. The SMILES string of the molecule is Fc1c(F)c(F)c(C(F)(F)C2CCCC3CCCCC32)c(F)c1F. The number of alkyl halides is 2. The lowest BCUT2D eigenvalue weighted by atomic mass is 9.63. The first-order valence-electron chi connectivity index (χ1n) is 8.16. The van der Waals surface area contributed by atoms with Gasteiger partial charge in [0.15, 0.2) is 23.3 Å². The third kappa shape index (κ3) is 2.60. The van der Waals surface area contributed by atoms with Gasteiger partial charge < -0.3 is 0 Å². The molecule has 0 saturated heterocycles. The predicted octanol–water partition coefficient (Wildman–Crippen LogP) is 6.08. The minimum atomic E-state index is -4.09. The van der Waals surface area contributed by atoms with Crippen LogP contribution in [-0.4, -0.2) is 0 Å². The number of fused-ring (bicyclic) bond motifs is 1. The van der Waals surface area contributed by atoms with Crippen LogP contribution in [0.3, 0.4) is 0 Å². The molecule has 0 nitrogen and oxygen atoms in total. The number of rotatable bonds is 2. The molecule has 0 aromatic heterocycles. The zero-order valence-corrected chi connectivity index (χ0v) is 12.8. The molecule has 0 amide bonds. The van der Waals surface area contributed by atoms with Crippen molar-refractivity contribution in [3.05, 3.63) is 34.6 Å². The summed E-state index contributed by atoms with van der Waals surface area (Å²) in [5.74, 6) is -17.8. The lowest BCUT2D eigenvalue weighted by Crippen LogP contribution is -2.41. The largest absolute Gasteiger partial charge is 0.282 e. The van der Waals surface area contributed by atoms with Gasteiger partial charge in [0.2, 0.25) is 5.82 Å². The smallest absolute Gasteiger partial charge is 0.203 e. The zero-order valence-electron chi connectivity index (χ0n) is 12.8. The molecule has 0 bridgehead atoms. The summed E-state index contributed by atoms with van der Waals surface area (Å²) in [6.07, 6.45) is 4.19. The van der Waals surface area contributed by atoms with Gasteiger partial charge in [0, 0.05) is 5.92 Å². The van der Waals surface area contributed by atoms with Gasteiger partial charge in [0.05, 0.1) is 5.56 Å². The third-order valence-electron chi connectivity index (χ3n) is 5.58. The summed E-state index contributed by atoms with van der Waals surface area (Å²) >= 11 is 0. The fourth-order valence-corrected chi connectivity index (χ4v) is 4.47. The van der Waals surface area contributed by atoms with Crippen molar-refractivity contribution in [3.63, 3.8) is 0 Å². The summed E-state index contributed by atoms with van der Waals surface area (Å²) < 4.78 is 97.3. The van der Waals surface area contributed by atoms with Crippen molar-refractivity contribution < 1.29 is 30.7 Å². The van der Waals surface area contributed by atoms with Crippen LogP contribution < -0.4 is 0 Å². The van der Waals surface area contributed by atoms with Crippen LogP contribution in [0, 0.1) is 46.8 Å². The molecule has 2 aliphatic rings. The third-order valence-corrected chi connectivity index (χ3v) is 5.58. The number of benzene rings is 1. The van der Waals surface area contributed by atoms with Crippen LogP contribution in [-0.2, 0) is 5.92 Å². The second-order valence-corrected chi connectivity index (χ2v) is 6.81. The van der Waals surface area contributed by atoms with Gasteiger partial charge >= 0.3 is 0 Å². The Morgan fingerprint density at radius 3 is 1.75 bits per heavy atom. The van der Waals surface area contributed by atoms with Gasteiger partial charge in [-0.1, -0.05) is 32.1 Å². The van der Waals surface area contributed by atoms with Crippen LogP contribution >= 0.6 is 0 Å². The maximum absolute atomic E-state index is 14.9. The summed E-state index contributed by atoms with van der Waals surface area (Å²) in [6.45, 7) is 0. The van der Waals surface area contributed by atoms with Crippen molar-refractivity contribution >= 4 is 0 Å². The van der Waals surface area contributed by atoms with E-state index in [0.29, 0.717) is 12.8 Å². The van der Waals surface area contributed by atoms with Crippen molar-refractivity contribution in [2.75, 3.05) is 0 Å². The molecule has 1 aromatic rings. The normalized spacial score (nSPS) is 27.9. The number of hydrogen-bond acceptors (Lipinski definition) is 0. The molecule has 1 aromatic carbocycles. The van der Waals surface area contributed by atoms with Gasteiger partial charge in [-0.05, 0) is 24.7 Å². The fourth-order valence-electron chi connectivity index (χ4n) is 4.47. The molecule has 0 N–H and O–H groups in total. The Bertz CT molecular complexity index is 609. The highest BCUT2D eigenvalue weighted by Crippen LogP contribution is 2.53. The highest BCUT2D eigenvalue weighted by molar-refractivity contribution is 5.29. The molecule has 2 saturated carbocycles. The molecule has 2 aliphatic carbocycles. The summed E-state index contributed by atoms with van der Waals surface area (Å²) in [5, 5.41) is 0. The van der Waals surface area contributed by atoms with Crippen LogP contribution in [0.1, 0.15) is 50.5 Å². The van der Waals surface area contributed by atoms with E-state index in [2.05, 4.69) is 0 Å². The van der Waals surface area contributed by atoms with Crippen molar-refractivity contribution in [1.82, 2.24) is 0 Å². The topological polar surface area (TPSA) is 0 Å². The van der Waals surface area contributed by atoms with Gasteiger partial charge in [-0.15, -0.1) is 0 Å². The van der Waals surface area contributed by atoms with Crippen LogP contribution in [0.25, 0.3) is 0 Å². The van der Waals surface area contributed by atoms with E-state index in [9.17, 15) is 30.7 Å². The van der Waals surface area contributed by atoms with Gasteiger partial charge in [0.25, 0.3) is 5.92 Å². The van der Waals surface area contributed by atoms with E-state index in [1.807, 2.05) is 0 Å². The van der Waals surface area contributed by atoms with Crippen molar-refractivity contribution in [3.8, 4) is 0 Å². The Balaban J connectivity index is 2.07. The molecule has 0 heterocycles. The average molecular weight is 354 g/mol. The quantitative estimate of drug-likeness (QED) is 0.343. The summed E-state index contributed by atoms with van der Waals surface area (Å²) in [6, 6.07) is 0. The lowest BCUT2D eigenvalue weighted by Gasteiger charge is -2.44. The second kappa shape index (κ2) is 6.23. The zero-order chi connectivity index (χ0) is 17.6. The molecule has 3 atom stereocenters. The van der Waals surface area contributed by atoms with Crippen molar-refractivity contribution in [2.24, 2.45) is 17.8 Å². The molecular weight excluding hydrogens is 337 g/mol. The standard InChI is InChI=1S/C17H17F7/c18-12-11(13(19)15(21)16(22)14(12)20)17(23,24)10-7-3-5-8-4-1-2-6-9(8)10/h8-10H,1-7H2. The molecule has 24 heavy (non-hydrogen) atoms. The first-order valence-corrected chi connectivity index (χ1v) is 8.16. The van der Waals surface area contributed by atoms with E-state index in [0.717, 1.165) is 25.7 Å². The van der Waals surface area contributed by atoms with E-state index in [4.69, 9.17) is 0 Å². The van der Waals surface area contributed by atoms with Gasteiger partial charge in [-0.25, -0.2) is 30.7 Å². The Morgan fingerprint density at radius 2 is 1.12 bits per heavy atom.